The van der Waals surface area contributed by atoms with Gasteiger partial charge in [0.25, 0.3) is 11.8 Å². The first-order chi connectivity index (χ1) is 17.5. The minimum Gasteiger partial charge on any atom is -0.497 e. The number of para-hydroxylation sites is 1. The Morgan fingerprint density at radius 2 is 1.69 bits per heavy atom. The number of amides is 2. The molecule has 3 aromatic carbocycles. The molecule has 4 rings (SSSR count). The molecule has 1 aliphatic heterocycles. The quantitative estimate of drug-likeness (QED) is 0.294. The second-order valence-electron chi connectivity index (χ2n) is 7.55. The summed E-state index contributed by atoms with van der Waals surface area (Å²) < 4.78 is 16.8. The van der Waals surface area contributed by atoms with Crippen LogP contribution in [0.15, 0.2) is 77.7 Å². The number of benzene rings is 3. The van der Waals surface area contributed by atoms with Crippen LogP contribution in [0.2, 0.25) is 0 Å². The van der Waals surface area contributed by atoms with Gasteiger partial charge in [-0.25, -0.2) is 0 Å². The number of rotatable bonds is 9. The molecule has 0 aliphatic carbocycles. The van der Waals surface area contributed by atoms with E-state index in [1.807, 2.05) is 19.1 Å². The van der Waals surface area contributed by atoms with Gasteiger partial charge in [0.2, 0.25) is 0 Å². The van der Waals surface area contributed by atoms with E-state index >= 15 is 0 Å². The molecule has 0 unspecified atom stereocenters. The lowest BCUT2D eigenvalue weighted by Gasteiger charge is -2.14. The second kappa shape index (κ2) is 11.7. The number of hydrogen-bond donors (Lipinski definition) is 1. The highest BCUT2D eigenvalue weighted by Gasteiger charge is 2.33. The lowest BCUT2D eigenvalue weighted by atomic mass is 10.2. The van der Waals surface area contributed by atoms with Gasteiger partial charge in [-0.15, -0.1) is 0 Å². The van der Waals surface area contributed by atoms with E-state index in [-0.39, 0.29) is 18.4 Å². The van der Waals surface area contributed by atoms with Crippen molar-refractivity contribution in [2.75, 3.05) is 30.5 Å². The molecule has 0 saturated carbocycles. The summed E-state index contributed by atoms with van der Waals surface area (Å²) in [5.74, 6) is 1.38. The summed E-state index contributed by atoms with van der Waals surface area (Å²) in [7, 11) is 1.58. The molecule has 0 aromatic heterocycles. The minimum absolute atomic E-state index is 0.190. The molecular formula is C27H24N2O5S2. The summed E-state index contributed by atoms with van der Waals surface area (Å²) in [5.41, 5.74) is 1.97. The molecule has 1 aliphatic rings. The van der Waals surface area contributed by atoms with E-state index in [2.05, 4.69) is 5.32 Å². The highest BCUT2D eigenvalue weighted by molar-refractivity contribution is 8.27. The van der Waals surface area contributed by atoms with Gasteiger partial charge in [-0.3, -0.25) is 14.5 Å². The van der Waals surface area contributed by atoms with E-state index < -0.39 is 0 Å². The summed E-state index contributed by atoms with van der Waals surface area (Å²) in [4.78, 5) is 27.5. The van der Waals surface area contributed by atoms with Gasteiger partial charge in [-0.05, 0) is 67.6 Å². The number of ether oxygens (including phenoxy) is 3. The minimum atomic E-state index is -0.306. The van der Waals surface area contributed by atoms with Crippen LogP contribution in [0.3, 0.4) is 0 Å². The number of carbonyl (C=O) groups is 2. The summed E-state index contributed by atoms with van der Waals surface area (Å²) in [6.07, 6.45) is 1.72. The molecular weight excluding hydrogens is 496 g/mol. The molecule has 36 heavy (non-hydrogen) atoms. The fourth-order valence-corrected chi connectivity index (χ4v) is 4.73. The first-order valence-corrected chi connectivity index (χ1v) is 12.4. The van der Waals surface area contributed by atoms with E-state index in [1.54, 1.807) is 73.8 Å². The number of thioether (sulfide) groups is 1. The molecule has 1 N–H and O–H groups in total. The SMILES string of the molecule is CCOc1ccc(NC(=O)COc2ccccc2/C=C2\SC(=S)N(c3ccc(OC)cc3)C2=O)cc1. The highest BCUT2D eigenvalue weighted by atomic mass is 32.2. The predicted molar refractivity (Wildman–Crippen MR) is 147 cm³/mol. The van der Waals surface area contributed by atoms with Gasteiger partial charge in [-0.2, -0.15) is 0 Å². The van der Waals surface area contributed by atoms with Crippen LogP contribution < -0.4 is 24.4 Å². The van der Waals surface area contributed by atoms with Crippen LogP contribution in [-0.4, -0.2) is 36.5 Å². The Kier molecular flexibility index (Phi) is 8.24. The second-order valence-corrected chi connectivity index (χ2v) is 9.22. The number of thiocarbonyl (C=S) groups is 1. The van der Waals surface area contributed by atoms with Gasteiger partial charge < -0.3 is 19.5 Å². The zero-order valence-electron chi connectivity index (χ0n) is 19.7. The fraction of sp³-hybridized carbons (Fsp3) is 0.148. The molecule has 1 saturated heterocycles. The van der Waals surface area contributed by atoms with Crippen molar-refractivity contribution in [2.24, 2.45) is 0 Å². The van der Waals surface area contributed by atoms with Crippen molar-refractivity contribution in [3.63, 3.8) is 0 Å². The Morgan fingerprint density at radius 3 is 2.39 bits per heavy atom. The molecule has 7 nitrogen and oxygen atoms in total. The largest absolute Gasteiger partial charge is 0.497 e. The van der Waals surface area contributed by atoms with Crippen molar-refractivity contribution < 1.29 is 23.8 Å². The third kappa shape index (κ3) is 6.05. The third-order valence-corrected chi connectivity index (χ3v) is 6.44. The monoisotopic (exact) mass is 520 g/mol. The average Bonchev–Trinajstić information content (AvgIpc) is 3.17. The molecule has 0 radical (unpaired) electrons. The maximum atomic E-state index is 13.1. The molecule has 0 bridgehead atoms. The normalized spacial score (nSPS) is 14.2. The first kappa shape index (κ1) is 25.3. The van der Waals surface area contributed by atoms with Crippen molar-refractivity contribution in [3.8, 4) is 17.2 Å². The smallest absolute Gasteiger partial charge is 0.270 e. The summed E-state index contributed by atoms with van der Waals surface area (Å²) in [5, 5.41) is 2.79. The average molecular weight is 521 g/mol. The Balaban J connectivity index is 1.43. The number of anilines is 2. The van der Waals surface area contributed by atoms with Crippen LogP contribution in [0.1, 0.15) is 12.5 Å². The Hall–Kier alpha value is -3.82. The molecule has 0 atom stereocenters. The zero-order valence-corrected chi connectivity index (χ0v) is 21.4. The van der Waals surface area contributed by atoms with Crippen molar-refractivity contribution >= 4 is 57.6 Å². The van der Waals surface area contributed by atoms with Crippen molar-refractivity contribution in [3.05, 3.63) is 83.3 Å². The summed E-state index contributed by atoms with van der Waals surface area (Å²) >= 11 is 6.67. The maximum absolute atomic E-state index is 13.1. The van der Waals surface area contributed by atoms with Crippen LogP contribution in [0.4, 0.5) is 11.4 Å². The highest BCUT2D eigenvalue weighted by Crippen LogP contribution is 2.37. The van der Waals surface area contributed by atoms with E-state index in [4.69, 9.17) is 26.4 Å². The maximum Gasteiger partial charge on any atom is 0.270 e. The van der Waals surface area contributed by atoms with Crippen LogP contribution in [0, 0.1) is 0 Å². The molecule has 3 aromatic rings. The lowest BCUT2D eigenvalue weighted by molar-refractivity contribution is -0.118. The number of methoxy groups -OCH3 is 1. The first-order valence-electron chi connectivity index (χ1n) is 11.1. The molecule has 1 heterocycles. The van der Waals surface area contributed by atoms with Gasteiger partial charge in [0.15, 0.2) is 10.9 Å². The number of hydrogen-bond acceptors (Lipinski definition) is 7. The van der Waals surface area contributed by atoms with Gasteiger partial charge >= 0.3 is 0 Å². The molecule has 184 valence electrons. The fourth-order valence-electron chi connectivity index (χ4n) is 3.44. The van der Waals surface area contributed by atoms with Gasteiger partial charge in [0.1, 0.15) is 17.2 Å². The van der Waals surface area contributed by atoms with E-state index in [0.29, 0.717) is 44.3 Å². The Labute approximate surface area is 219 Å². The van der Waals surface area contributed by atoms with Gasteiger partial charge in [-0.1, -0.05) is 42.2 Å². The van der Waals surface area contributed by atoms with Crippen LogP contribution in [-0.2, 0) is 9.59 Å². The topological polar surface area (TPSA) is 77.1 Å². The summed E-state index contributed by atoms with van der Waals surface area (Å²) in [6, 6.07) is 21.4. The third-order valence-electron chi connectivity index (χ3n) is 5.14. The Morgan fingerprint density at radius 1 is 1.00 bits per heavy atom. The Bertz CT molecular complexity index is 1290. The lowest BCUT2D eigenvalue weighted by Crippen LogP contribution is -2.27. The van der Waals surface area contributed by atoms with E-state index in [1.165, 1.54) is 16.7 Å². The standard InChI is InChI=1S/C27H24N2O5S2/c1-3-33-22-12-8-19(9-13-22)28-25(30)17-34-23-7-5-4-6-18(23)16-24-26(31)29(27(35)36-24)20-10-14-21(32-2)15-11-20/h4-16H,3,17H2,1-2H3,(H,28,30)/b24-16-. The van der Waals surface area contributed by atoms with Crippen LogP contribution in [0.25, 0.3) is 6.08 Å². The molecule has 0 spiro atoms. The van der Waals surface area contributed by atoms with Crippen molar-refractivity contribution in [1.29, 1.82) is 0 Å². The van der Waals surface area contributed by atoms with Gasteiger partial charge in [0, 0.05) is 11.3 Å². The van der Waals surface area contributed by atoms with E-state index in [9.17, 15) is 9.59 Å². The van der Waals surface area contributed by atoms with Crippen molar-refractivity contribution in [1.82, 2.24) is 0 Å². The predicted octanol–water partition coefficient (Wildman–Crippen LogP) is 5.52. The number of nitrogens with zero attached hydrogens (tertiary/aromatic N) is 1. The van der Waals surface area contributed by atoms with E-state index in [0.717, 1.165) is 5.75 Å². The molecule has 2 amide bonds. The number of carbonyl (C=O) groups excluding carboxylic acids is 2. The summed E-state index contributed by atoms with van der Waals surface area (Å²) in [6.45, 7) is 2.29. The molecule has 1 fully saturated rings. The van der Waals surface area contributed by atoms with Gasteiger partial charge in [0.05, 0.1) is 24.3 Å². The van der Waals surface area contributed by atoms with Crippen LogP contribution in [0.5, 0.6) is 17.2 Å². The number of nitrogens with one attached hydrogen (secondary N) is 1. The van der Waals surface area contributed by atoms with Crippen LogP contribution >= 0.6 is 24.0 Å². The zero-order chi connectivity index (χ0) is 25.5. The molecule has 9 heteroatoms. The van der Waals surface area contributed by atoms with Crippen molar-refractivity contribution in [2.45, 2.75) is 6.92 Å².